The molecule has 1 aliphatic heterocycles. The van der Waals surface area contributed by atoms with Crippen molar-refractivity contribution in [2.45, 2.75) is 91.2 Å². The average Bonchev–Trinajstić information content (AvgIpc) is 3.62. The Morgan fingerprint density at radius 3 is 2.38 bits per heavy atom. The second-order valence-corrected chi connectivity index (χ2v) is 17.2. The van der Waals surface area contributed by atoms with Gasteiger partial charge in [0.15, 0.2) is 11.5 Å². The molecule has 1 aliphatic rings. The van der Waals surface area contributed by atoms with E-state index < -0.39 is 29.6 Å². The summed E-state index contributed by atoms with van der Waals surface area (Å²) in [6.45, 7) is 14.8. The fraction of sp³-hybridized carbons (Fsp3) is 0.571. The van der Waals surface area contributed by atoms with Gasteiger partial charge < -0.3 is 35.4 Å². The molecule has 0 saturated carbocycles. The van der Waals surface area contributed by atoms with Gasteiger partial charge in [-0.15, -0.1) is 11.3 Å². The summed E-state index contributed by atoms with van der Waals surface area (Å²) >= 11 is 1.58. The number of hydrogen-bond donors (Lipinski definition) is 4. The van der Waals surface area contributed by atoms with E-state index in [0.717, 1.165) is 27.4 Å². The average molecular weight is 794 g/mol. The summed E-state index contributed by atoms with van der Waals surface area (Å²) in [7, 11) is 4.94. The van der Waals surface area contributed by atoms with Crippen molar-refractivity contribution in [3.63, 3.8) is 0 Å². The Balaban J connectivity index is 1.48. The third kappa shape index (κ3) is 13.2. The number of piperazine rings is 1. The molecule has 2 aromatic carbocycles. The van der Waals surface area contributed by atoms with Gasteiger partial charge in [0, 0.05) is 62.9 Å². The van der Waals surface area contributed by atoms with E-state index >= 15 is 0 Å². The van der Waals surface area contributed by atoms with Crippen LogP contribution in [0.3, 0.4) is 0 Å². The number of carbonyl (C=O) groups excluding carboxylic acids is 3. The third-order valence-corrected chi connectivity index (χ3v) is 11.1. The zero-order valence-corrected chi connectivity index (χ0v) is 35.4. The Labute approximate surface area is 337 Å². The van der Waals surface area contributed by atoms with E-state index in [4.69, 9.17) is 9.47 Å². The lowest BCUT2D eigenvalue weighted by atomic mass is 9.93. The molecular weight excluding hydrogens is 731 g/mol. The highest BCUT2D eigenvalue weighted by Crippen LogP contribution is 2.28. The minimum atomic E-state index is -0.998. The number of aromatic nitrogens is 1. The lowest BCUT2D eigenvalue weighted by molar-refractivity contribution is -0.132. The molecule has 0 unspecified atom stereocenters. The molecule has 0 aliphatic carbocycles. The topological polar surface area (TPSA) is 149 Å². The number of amides is 4. The third-order valence-electron chi connectivity index (χ3n) is 10.0. The molecule has 1 saturated heterocycles. The van der Waals surface area contributed by atoms with E-state index in [1.807, 2.05) is 95.0 Å². The number of thiazole rings is 1. The van der Waals surface area contributed by atoms with E-state index in [9.17, 15) is 19.5 Å². The zero-order chi connectivity index (χ0) is 41.0. The van der Waals surface area contributed by atoms with Gasteiger partial charge in [-0.05, 0) is 62.8 Å². The maximum absolute atomic E-state index is 14.0. The van der Waals surface area contributed by atoms with Gasteiger partial charge in [-0.3, -0.25) is 19.4 Å². The predicted molar refractivity (Wildman–Crippen MR) is 221 cm³/mol. The van der Waals surface area contributed by atoms with Crippen LogP contribution in [0.4, 0.5) is 4.79 Å². The van der Waals surface area contributed by atoms with Crippen molar-refractivity contribution < 1.29 is 29.0 Å². The lowest BCUT2D eigenvalue weighted by Crippen LogP contribution is -2.63. The van der Waals surface area contributed by atoms with Gasteiger partial charge in [0.1, 0.15) is 6.04 Å². The molecule has 4 rings (SSSR count). The van der Waals surface area contributed by atoms with Crippen LogP contribution in [0.15, 0.2) is 54.7 Å². The quantitative estimate of drug-likeness (QED) is 0.148. The Hall–Kier alpha value is -4.24. The molecule has 4 atom stereocenters. The van der Waals surface area contributed by atoms with Gasteiger partial charge >= 0.3 is 6.03 Å². The Kier molecular flexibility index (Phi) is 16.5. The van der Waals surface area contributed by atoms with E-state index in [1.54, 1.807) is 43.7 Å². The molecule has 4 N–H and O–H groups in total. The van der Waals surface area contributed by atoms with Crippen LogP contribution in [0.5, 0.6) is 11.5 Å². The fourth-order valence-corrected chi connectivity index (χ4v) is 7.76. The number of benzene rings is 2. The molecule has 2 heterocycles. The van der Waals surface area contributed by atoms with Crippen LogP contribution in [0.2, 0.25) is 0 Å². The van der Waals surface area contributed by atoms with Crippen molar-refractivity contribution in [3.8, 4) is 11.5 Å². The Bertz CT molecular complexity index is 1710. The first-order valence-corrected chi connectivity index (χ1v) is 20.4. The van der Waals surface area contributed by atoms with Crippen molar-refractivity contribution in [1.82, 2.24) is 35.6 Å². The fourth-order valence-electron chi connectivity index (χ4n) is 6.84. The normalized spacial score (nSPS) is 16.8. The molecule has 1 fully saturated rings. The van der Waals surface area contributed by atoms with Gasteiger partial charge in [0.25, 0.3) is 0 Å². The summed E-state index contributed by atoms with van der Waals surface area (Å²) in [5.74, 6) is 0.296. The van der Waals surface area contributed by atoms with E-state index in [0.29, 0.717) is 50.6 Å². The predicted octanol–water partition coefficient (Wildman–Crippen LogP) is 4.33. The number of nitrogens with one attached hydrogen (secondary N) is 3. The van der Waals surface area contributed by atoms with Crippen LogP contribution in [-0.4, -0.2) is 120 Å². The Morgan fingerprint density at radius 2 is 1.75 bits per heavy atom. The summed E-state index contributed by atoms with van der Waals surface area (Å²) in [5.41, 5.74) is 1.54. The summed E-state index contributed by atoms with van der Waals surface area (Å²) in [5, 5.41) is 22.3. The highest BCUT2D eigenvalue weighted by Gasteiger charge is 2.37. The van der Waals surface area contributed by atoms with Gasteiger partial charge in [0.05, 0.1) is 43.8 Å². The first-order chi connectivity index (χ1) is 26.6. The second kappa shape index (κ2) is 20.8. The van der Waals surface area contributed by atoms with Crippen LogP contribution in [0.25, 0.3) is 0 Å². The number of aryl methyl sites for hydroxylation is 1. The number of β-amino-alcohol motifs (C(OH)–C–C–N with tert-alkyl or cyclic N) is 1. The first kappa shape index (κ1) is 44.5. The minimum absolute atomic E-state index is 0.0899. The number of rotatable bonds is 18. The smallest absolute Gasteiger partial charge is 0.317 e. The molecule has 3 aromatic rings. The van der Waals surface area contributed by atoms with Crippen molar-refractivity contribution in [3.05, 3.63) is 75.7 Å². The highest BCUT2D eigenvalue weighted by molar-refractivity contribution is 7.11. The monoisotopic (exact) mass is 793 g/mol. The van der Waals surface area contributed by atoms with Gasteiger partial charge in [-0.25, -0.2) is 9.78 Å². The molecule has 14 heteroatoms. The molecule has 56 heavy (non-hydrogen) atoms. The number of ether oxygens (including phenoxy) is 2. The molecular formula is C42H63N7O6S. The second-order valence-electron chi connectivity index (χ2n) is 16.0. The number of methoxy groups -OCH3 is 2. The number of nitrogens with zero attached hydrogens (tertiary/aromatic N) is 4. The first-order valence-electron chi connectivity index (χ1n) is 19.5. The minimum Gasteiger partial charge on any atom is -0.493 e. The van der Waals surface area contributed by atoms with Crippen LogP contribution < -0.4 is 25.4 Å². The van der Waals surface area contributed by atoms with Gasteiger partial charge in [-0.1, -0.05) is 57.2 Å². The molecule has 0 bridgehead atoms. The van der Waals surface area contributed by atoms with E-state index in [-0.39, 0.29) is 36.9 Å². The highest BCUT2D eigenvalue weighted by atomic mass is 32.1. The van der Waals surface area contributed by atoms with Crippen molar-refractivity contribution >= 4 is 29.2 Å². The molecule has 13 nitrogen and oxygen atoms in total. The number of carbonyl (C=O) groups is 3. The SMILES string of the molecule is CCc1ncc(CN(C)C(=O)NC[C@H](C(=O)N[C@H](Cc2ccccc2)[C@@H](O)CN2CCN(Cc3ccc(OC)c(OC)c3)C[C@@H]2C(=O)NC(C)(C)C)C(C)C)s1. The molecule has 1 aromatic heterocycles. The molecule has 308 valence electrons. The van der Waals surface area contributed by atoms with Crippen molar-refractivity contribution in [2.75, 3.05) is 54.0 Å². The summed E-state index contributed by atoms with van der Waals surface area (Å²) in [6, 6.07) is 14.1. The zero-order valence-electron chi connectivity index (χ0n) is 34.6. The van der Waals surface area contributed by atoms with Crippen LogP contribution >= 0.6 is 11.3 Å². The van der Waals surface area contributed by atoms with E-state index in [1.165, 1.54) is 0 Å². The van der Waals surface area contributed by atoms with Crippen LogP contribution in [0, 0.1) is 11.8 Å². The number of hydrogen-bond acceptors (Lipinski definition) is 10. The van der Waals surface area contributed by atoms with Crippen LogP contribution in [-0.2, 0) is 35.5 Å². The molecule has 0 spiro atoms. The largest absolute Gasteiger partial charge is 0.493 e. The van der Waals surface area contributed by atoms with E-state index in [2.05, 4.69) is 25.8 Å². The van der Waals surface area contributed by atoms with Crippen LogP contribution in [0.1, 0.15) is 62.6 Å². The maximum atomic E-state index is 14.0. The lowest BCUT2D eigenvalue weighted by Gasteiger charge is -2.43. The number of aliphatic hydroxyl groups is 1. The maximum Gasteiger partial charge on any atom is 0.317 e. The van der Waals surface area contributed by atoms with Gasteiger partial charge in [0.2, 0.25) is 11.8 Å². The van der Waals surface area contributed by atoms with Crippen molar-refractivity contribution in [1.29, 1.82) is 0 Å². The summed E-state index contributed by atoms with van der Waals surface area (Å²) in [6.07, 6.45) is 2.04. The molecule has 4 amide bonds. The van der Waals surface area contributed by atoms with Gasteiger partial charge in [-0.2, -0.15) is 0 Å². The summed E-state index contributed by atoms with van der Waals surface area (Å²) in [4.78, 5) is 52.2. The van der Waals surface area contributed by atoms with Crippen molar-refractivity contribution in [2.24, 2.45) is 11.8 Å². The number of urea groups is 1. The number of aliphatic hydroxyl groups excluding tert-OH is 1. The Morgan fingerprint density at radius 1 is 1.04 bits per heavy atom. The summed E-state index contributed by atoms with van der Waals surface area (Å²) < 4.78 is 10.9. The molecule has 0 radical (unpaired) electrons. The standard InChI is InChI=1S/C42H63N7O6S/c1-10-38-43-22-31(56-38)25-47(7)41(53)44-23-32(28(2)3)39(51)45-33(20-29-14-12-11-13-15-29)35(50)27-49-19-18-48(26-34(49)40(52)46-42(4,5)6)24-30-16-17-36(54-8)37(21-30)55-9/h11-17,21-22,28,32-35,50H,10,18-20,23-27H2,1-9H3,(H,44,53)(H,45,51)(H,46,52)/t32-,33+,34+,35-/m0/s1.